The summed E-state index contributed by atoms with van der Waals surface area (Å²) in [5.41, 5.74) is 0.563. The van der Waals surface area contributed by atoms with Crippen LogP contribution >= 0.6 is 0 Å². The van der Waals surface area contributed by atoms with Crippen molar-refractivity contribution in [1.82, 2.24) is 20.4 Å². The van der Waals surface area contributed by atoms with Gasteiger partial charge in [0.15, 0.2) is 17.1 Å². The lowest BCUT2D eigenvalue weighted by atomic mass is 9.87. The first-order valence-electron chi connectivity index (χ1n) is 10.2. The molecule has 0 saturated carbocycles. The first-order valence-corrected chi connectivity index (χ1v) is 10.2. The quantitative estimate of drug-likeness (QED) is 0.606. The molecule has 3 aliphatic heterocycles. The second-order valence-corrected chi connectivity index (χ2v) is 8.25. The third-order valence-electron chi connectivity index (χ3n) is 6.24. The van der Waals surface area contributed by atoms with Crippen LogP contribution in [0.2, 0.25) is 0 Å². The van der Waals surface area contributed by atoms with E-state index < -0.39 is 29.2 Å². The second kappa shape index (κ2) is 7.19. The van der Waals surface area contributed by atoms with E-state index >= 15 is 0 Å². The summed E-state index contributed by atoms with van der Waals surface area (Å²) in [6, 6.07) is 7.08. The predicted molar refractivity (Wildman–Crippen MR) is 113 cm³/mol. The monoisotopic (exact) mass is 453 g/mol. The molecule has 1 saturated heterocycles. The van der Waals surface area contributed by atoms with Gasteiger partial charge < -0.3 is 25.2 Å². The Bertz CT molecular complexity index is 1250. The minimum Gasteiger partial charge on any atom is -0.494 e. The molecule has 33 heavy (non-hydrogen) atoms. The number of carbonyl (C=O) groups excluding carboxylic acids is 4. The normalized spacial score (nSPS) is 21.4. The van der Waals surface area contributed by atoms with E-state index in [2.05, 4.69) is 16.0 Å². The fourth-order valence-corrected chi connectivity index (χ4v) is 4.51. The molecule has 0 aliphatic carbocycles. The number of halogens is 1. The van der Waals surface area contributed by atoms with Crippen LogP contribution in [-0.2, 0) is 23.4 Å². The highest BCUT2D eigenvalue weighted by Gasteiger charge is 2.51. The highest BCUT2D eigenvalue weighted by molar-refractivity contribution is 6.08. The lowest BCUT2D eigenvalue weighted by molar-refractivity contribution is -0.124. The number of methoxy groups -OCH3 is 1. The molecular weight excluding hydrogens is 433 g/mol. The van der Waals surface area contributed by atoms with Gasteiger partial charge in [-0.2, -0.15) is 0 Å². The molecule has 11 heteroatoms. The molecule has 0 radical (unpaired) electrons. The van der Waals surface area contributed by atoms with Crippen molar-refractivity contribution in [1.29, 1.82) is 0 Å². The number of anilines is 1. The maximum absolute atomic E-state index is 14.8. The van der Waals surface area contributed by atoms with Gasteiger partial charge >= 0.3 is 12.1 Å². The van der Waals surface area contributed by atoms with Crippen molar-refractivity contribution in [3.8, 4) is 5.75 Å². The molecule has 0 aromatic heterocycles. The summed E-state index contributed by atoms with van der Waals surface area (Å²) in [5, 5.41) is 7.65. The lowest BCUT2D eigenvalue weighted by Gasteiger charge is -2.33. The molecule has 6 amide bonds. The fourth-order valence-electron chi connectivity index (χ4n) is 4.51. The van der Waals surface area contributed by atoms with Crippen LogP contribution in [0.1, 0.15) is 27.0 Å². The van der Waals surface area contributed by atoms with Gasteiger partial charge in [0, 0.05) is 25.8 Å². The van der Waals surface area contributed by atoms with Crippen LogP contribution in [0.3, 0.4) is 0 Å². The Labute approximate surface area is 187 Å². The molecule has 2 aromatic rings. The molecular formula is C22H20FN5O5. The number of nitrogens with one attached hydrogen (secondary N) is 3. The summed E-state index contributed by atoms with van der Waals surface area (Å²) >= 11 is 0. The number of carbonyl (C=O) groups is 4. The minimum absolute atomic E-state index is 0.0496. The molecule has 0 spiro atoms. The van der Waals surface area contributed by atoms with E-state index in [9.17, 15) is 23.6 Å². The van der Waals surface area contributed by atoms with E-state index in [1.54, 1.807) is 31.3 Å². The Morgan fingerprint density at radius 1 is 1.06 bits per heavy atom. The number of urea groups is 2. The summed E-state index contributed by atoms with van der Waals surface area (Å²) < 4.78 is 19.7. The molecule has 1 fully saturated rings. The van der Waals surface area contributed by atoms with Crippen LogP contribution in [0, 0.1) is 5.82 Å². The van der Waals surface area contributed by atoms with E-state index in [1.165, 1.54) is 23.0 Å². The Balaban J connectivity index is 1.53. The first kappa shape index (κ1) is 20.7. The predicted octanol–water partition coefficient (Wildman–Crippen LogP) is 1.50. The topological polar surface area (TPSA) is 120 Å². The summed E-state index contributed by atoms with van der Waals surface area (Å²) in [6.45, 7) is 0.171. The summed E-state index contributed by atoms with van der Waals surface area (Å²) in [5.74, 6) is -2.03. The van der Waals surface area contributed by atoms with Gasteiger partial charge in [-0.25, -0.2) is 14.0 Å². The number of fused-ring (bicyclic) bond motifs is 2. The number of amides is 6. The summed E-state index contributed by atoms with van der Waals surface area (Å²) in [6.07, 6.45) is 0. The molecule has 3 N–H and O–H groups in total. The average molecular weight is 453 g/mol. The molecule has 170 valence electrons. The van der Waals surface area contributed by atoms with Gasteiger partial charge in [-0.1, -0.05) is 12.1 Å². The Morgan fingerprint density at radius 3 is 2.55 bits per heavy atom. The highest BCUT2D eigenvalue weighted by atomic mass is 19.1. The van der Waals surface area contributed by atoms with Crippen molar-refractivity contribution < 1.29 is 28.3 Å². The zero-order valence-electron chi connectivity index (χ0n) is 17.8. The van der Waals surface area contributed by atoms with Gasteiger partial charge in [-0.05, 0) is 34.9 Å². The number of imide groups is 1. The van der Waals surface area contributed by atoms with Crippen LogP contribution in [0.15, 0.2) is 30.3 Å². The second-order valence-electron chi connectivity index (χ2n) is 8.25. The van der Waals surface area contributed by atoms with Gasteiger partial charge in [-0.3, -0.25) is 14.9 Å². The van der Waals surface area contributed by atoms with Crippen LogP contribution in [-0.4, -0.2) is 54.4 Å². The van der Waals surface area contributed by atoms with Gasteiger partial charge in [0.1, 0.15) is 0 Å². The van der Waals surface area contributed by atoms with E-state index in [0.717, 1.165) is 5.56 Å². The number of benzene rings is 2. The Hall–Kier alpha value is -4.15. The lowest BCUT2D eigenvalue weighted by Crippen LogP contribution is -2.52. The molecule has 1 atom stereocenters. The summed E-state index contributed by atoms with van der Waals surface area (Å²) in [7, 11) is 2.94. The maximum Gasteiger partial charge on any atom is 0.322 e. The molecule has 0 bridgehead atoms. The standard InChI is InChI=1S/C22H20FN5O5/c1-27-8-12-7-13(4-5-14(12)24-21(27)32)22(19(30)25-20(31)26-22)10-28-9-11-3-6-15(33-2)17(23)16(11)18(28)29/h3-7H,8-10H2,1-2H3,(H,24,32)(H2,25,26,30,31)/t22-/m0/s1. The number of hydrogen-bond acceptors (Lipinski definition) is 5. The van der Waals surface area contributed by atoms with Crippen molar-refractivity contribution >= 4 is 29.6 Å². The van der Waals surface area contributed by atoms with E-state index in [-0.39, 0.29) is 30.4 Å². The SMILES string of the molecule is COc1ccc2c(c1F)C(=O)N(C[C@@]1(c3ccc4c(c3)CN(C)C(=O)N4)NC(=O)NC1=O)C2. The number of ether oxygens (including phenoxy) is 1. The van der Waals surface area contributed by atoms with Crippen molar-refractivity contribution in [2.45, 2.75) is 18.6 Å². The van der Waals surface area contributed by atoms with Crippen molar-refractivity contribution in [2.75, 3.05) is 26.0 Å². The molecule has 0 unspecified atom stereocenters. The maximum atomic E-state index is 14.8. The third kappa shape index (κ3) is 3.07. The largest absolute Gasteiger partial charge is 0.494 e. The summed E-state index contributed by atoms with van der Waals surface area (Å²) in [4.78, 5) is 53.0. The molecule has 5 rings (SSSR count). The zero-order valence-corrected chi connectivity index (χ0v) is 17.8. The molecule has 10 nitrogen and oxygen atoms in total. The van der Waals surface area contributed by atoms with Gasteiger partial charge in [0.2, 0.25) is 0 Å². The van der Waals surface area contributed by atoms with E-state index in [0.29, 0.717) is 23.4 Å². The van der Waals surface area contributed by atoms with Crippen molar-refractivity contribution in [3.63, 3.8) is 0 Å². The number of hydrogen-bond donors (Lipinski definition) is 3. The van der Waals surface area contributed by atoms with Crippen LogP contribution in [0.5, 0.6) is 5.75 Å². The molecule has 3 aliphatic rings. The Kier molecular flexibility index (Phi) is 4.52. The molecule has 2 aromatic carbocycles. The first-order chi connectivity index (χ1) is 15.7. The minimum atomic E-state index is -1.58. The van der Waals surface area contributed by atoms with Crippen LogP contribution in [0.25, 0.3) is 0 Å². The van der Waals surface area contributed by atoms with Gasteiger partial charge in [0.25, 0.3) is 11.8 Å². The average Bonchev–Trinajstić information content (AvgIpc) is 3.25. The van der Waals surface area contributed by atoms with Crippen LogP contribution < -0.4 is 20.7 Å². The third-order valence-corrected chi connectivity index (χ3v) is 6.24. The van der Waals surface area contributed by atoms with Crippen molar-refractivity contribution in [3.05, 3.63) is 58.4 Å². The number of rotatable bonds is 4. The van der Waals surface area contributed by atoms with Gasteiger partial charge in [0.05, 0.1) is 19.2 Å². The smallest absolute Gasteiger partial charge is 0.322 e. The zero-order chi connectivity index (χ0) is 23.5. The van der Waals surface area contributed by atoms with Crippen LogP contribution in [0.4, 0.5) is 19.7 Å². The Morgan fingerprint density at radius 2 is 1.85 bits per heavy atom. The fraction of sp³-hybridized carbons (Fsp3) is 0.273. The van der Waals surface area contributed by atoms with E-state index in [4.69, 9.17) is 4.74 Å². The highest BCUT2D eigenvalue weighted by Crippen LogP contribution is 2.36. The molecule has 3 heterocycles. The van der Waals surface area contributed by atoms with E-state index in [1.807, 2.05) is 0 Å². The number of nitrogens with zero attached hydrogens (tertiary/aromatic N) is 2. The van der Waals surface area contributed by atoms with Gasteiger partial charge in [-0.15, -0.1) is 0 Å². The van der Waals surface area contributed by atoms with Crippen molar-refractivity contribution in [2.24, 2.45) is 0 Å².